The lowest BCUT2D eigenvalue weighted by molar-refractivity contribution is 0.414. The topological polar surface area (TPSA) is 9.23 Å². The summed E-state index contributed by atoms with van der Waals surface area (Å²) >= 11 is 3.58. The molecule has 0 fully saturated rings. The molecule has 0 aliphatic heterocycles. The molecular weight excluding hydrogens is 240 g/mol. The highest BCUT2D eigenvalue weighted by Crippen LogP contribution is 2.24. The first-order chi connectivity index (χ1) is 6.63. The van der Waals surface area contributed by atoms with Crippen molar-refractivity contribution in [1.29, 1.82) is 0 Å². The molecule has 0 aromatic heterocycles. The number of methoxy groups -OCH3 is 1. The van der Waals surface area contributed by atoms with Gasteiger partial charge in [-0.3, -0.25) is 0 Å². The number of hydrogen-bond acceptors (Lipinski definition) is 1. The number of rotatable bonds is 4. The van der Waals surface area contributed by atoms with Gasteiger partial charge >= 0.3 is 0 Å². The fourth-order valence-electron chi connectivity index (χ4n) is 1.56. The van der Waals surface area contributed by atoms with Crippen molar-refractivity contribution in [2.45, 2.75) is 31.0 Å². The monoisotopic (exact) mass is 256 g/mol. The average molecular weight is 257 g/mol. The predicted molar refractivity (Wildman–Crippen MR) is 64.4 cm³/mol. The van der Waals surface area contributed by atoms with Crippen LogP contribution < -0.4 is 4.74 Å². The number of halogens is 1. The lowest BCUT2D eigenvalue weighted by Gasteiger charge is -2.13. The first-order valence-corrected chi connectivity index (χ1v) is 5.83. The molecule has 1 nitrogen and oxygen atoms in total. The van der Waals surface area contributed by atoms with Crippen LogP contribution in [-0.2, 0) is 0 Å². The molecule has 0 aliphatic rings. The van der Waals surface area contributed by atoms with E-state index in [1.54, 1.807) is 7.11 Å². The molecular formula is C12H17BrO. The maximum Gasteiger partial charge on any atom is 0.118 e. The van der Waals surface area contributed by atoms with Crippen molar-refractivity contribution in [3.8, 4) is 5.75 Å². The van der Waals surface area contributed by atoms with Gasteiger partial charge in [-0.2, -0.15) is 0 Å². The van der Waals surface area contributed by atoms with Crippen LogP contribution in [0, 0.1) is 0 Å². The van der Waals surface area contributed by atoms with Crippen molar-refractivity contribution < 1.29 is 4.74 Å². The maximum absolute atomic E-state index is 5.12. The Morgan fingerprint density at radius 3 is 2.21 bits per heavy atom. The van der Waals surface area contributed by atoms with E-state index < -0.39 is 0 Å². The van der Waals surface area contributed by atoms with Crippen molar-refractivity contribution in [3.05, 3.63) is 29.8 Å². The highest BCUT2D eigenvalue weighted by molar-refractivity contribution is 9.09. The van der Waals surface area contributed by atoms with Crippen LogP contribution in [0.1, 0.15) is 31.7 Å². The zero-order chi connectivity index (χ0) is 10.6. The molecule has 0 saturated carbocycles. The Bertz CT molecular complexity index is 266. The molecule has 14 heavy (non-hydrogen) atoms. The predicted octanol–water partition coefficient (Wildman–Crippen LogP) is 3.97. The minimum atomic E-state index is 0.569. The number of benzene rings is 1. The summed E-state index contributed by atoms with van der Waals surface area (Å²) in [5.41, 5.74) is 1.37. The summed E-state index contributed by atoms with van der Waals surface area (Å²) < 4.78 is 5.12. The first kappa shape index (κ1) is 11.6. The van der Waals surface area contributed by atoms with Crippen LogP contribution >= 0.6 is 15.9 Å². The second kappa shape index (κ2) is 5.40. The first-order valence-electron chi connectivity index (χ1n) is 4.91. The zero-order valence-electron chi connectivity index (χ0n) is 8.96. The smallest absolute Gasteiger partial charge is 0.118 e. The highest BCUT2D eigenvalue weighted by Gasteiger charge is 2.08. The van der Waals surface area contributed by atoms with E-state index in [4.69, 9.17) is 4.74 Å². The van der Waals surface area contributed by atoms with Gasteiger partial charge in [0.2, 0.25) is 0 Å². The fourth-order valence-corrected chi connectivity index (χ4v) is 2.12. The van der Waals surface area contributed by atoms with E-state index in [1.165, 1.54) is 5.56 Å². The molecule has 1 aromatic rings. The summed E-state index contributed by atoms with van der Waals surface area (Å²) in [6.07, 6.45) is 1.16. The van der Waals surface area contributed by atoms with Gasteiger partial charge < -0.3 is 4.74 Å². The number of hydrogen-bond donors (Lipinski definition) is 0. The molecule has 0 spiro atoms. The quantitative estimate of drug-likeness (QED) is 0.741. The molecule has 0 saturated heterocycles. The van der Waals surface area contributed by atoms with Crippen LogP contribution in [0.3, 0.4) is 0 Å². The van der Waals surface area contributed by atoms with Gasteiger partial charge in [0.1, 0.15) is 5.75 Å². The van der Waals surface area contributed by atoms with E-state index in [9.17, 15) is 0 Å². The van der Waals surface area contributed by atoms with E-state index in [0.717, 1.165) is 12.2 Å². The van der Waals surface area contributed by atoms with Crippen LogP contribution in [-0.4, -0.2) is 11.9 Å². The van der Waals surface area contributed by atoms with Crippen LogP contribution in [0.5, 0.6) is 5.75 Å². The molecule has 0 amide bonds. The molecule has 0 aliphatic carbocycles. The second-order valence-electron chi connectivity index (χ2n) is 3.69. The number of ether oxygens (including phenoxy) is 1. The van der Waals surface area contributed by atoms with Crippen molar-refractivity contribution in [3.63, 3.8) is 0 Å². The third kappa shape index (κ3) is 3.33. The minimum Gasteiger partial charge on any atom is -0.497 e. The molecule has 2 atom stereocenters. The Labute approximate surface area is 94.6 Å². The normalized spacial score (nSPS) is 14.9. The SMILES string of the molecule is COc1ccc(C(C)CC(C)Br)cc1. The van der Waals surface area contributed by atoms with Crippen molar-refractivity contribution in [1.82, 2.24) is 0 Å². The Morgan fingerprint density at radius 1 is 1.21 bits per heavy atom. The molecule has 78 valence electrons. The van der Waals surface area contributed by atoms with Crippen LogP contribution in [0.25, 0.3) is 0 Å². The molecule has 0 bridgehead atoms. The molecule has 1 aromatic carbocycles. The average Bonchev–Trinajstić information content (AvgIpc) is 2.17. The van der Waals surface area contributed by atoms with Crippen molar-refractivity contribution in [2.24, 2.45) is 0 Å². The highest BCUT2D eigenvalue weighted by atomic mass is 79.9. The molecule has 0 radical (unpaired) electrons. The largest absolute Gasteiger partial charge is 0.497 e. The Hall–Kier alpha value is -0.500. The summed E-state index contributed by atoms with van der Waals surface area (Å²) in [7, 11) is 1.69. The van der Waals surface area contributed by atoms with Gasteiger partial charge in [-0.15, -0.1) is 0 Å². The molecule has 0 heterocycles. The summed E-state index contributed by atoms with van der Waals surface area (Å²) in [6, 6.07) is 8.31. The summed E-state index contributed by atoms with van der Waals surface area (Å²) in [4.78, 5) is 0.569. The fraction of sp³-hybridized carbons (Fsp3) is 0.500. The Morgan fingerprint density at radius 2 is 1.79 bits per heavy atom. The standard InChI is InChI=1S/C12H17BrO/c1-9(8-10(2)13)11-4-6-12(14-3)7-5-11/h4-7,9-10H,8H2,1-3H3. The van der Waals surface area contributed by atoms with Crippen LogP contribution in [0.15, 0.2) is 24.3 Å². The van der Waals surface area contributed by atoms with Crippen molar-refractivity contribution in [2.75, 3.05) is 7.11 Å². The third-order valence-corrected chi connectivity index (χ3v) is 2.74. The van der Waals surface area contributed by atoms with Gasteiger partial charge in [0.25, 0.3) is 0 Å². The van der Waals surface area contributed by atoms with Gasteiger partial charge in [-0.25, -0.2) is 0 Å². The van der Waals surface area contributed by atoms with E-state index in [2.05, 4.69) is 41.9 Å². The van der Waals surface area contributed by atoms with E-state index in [0.29, 0.717) is 10.7 Å². The van der Waals surface area contributed by atoms with Gasteiger partial charge in [0.05, 0.1) is 7.11 Å². The lowest BCUT2D eigenvalue weighted by Crippen LogP contribution is -2.00. The van der Waals surface area contributed by atoms with E-state index in [-0.39, 0.29) is 0 Å². The van der Waals surface area contributed by atoms with E-state index in [1.807, 2.05) is 12.1 Å². The Balaban J connectivity index is 2.66. The summed E-state index contributed by atoms with van der Waals surface area (Å²) in [5, 5.41) is 0. The number of alkyl halides is 1. The summed E-state index contributed by atoms with van der Waals surface area (Å²) in [5.74, 6) is 1.52. The molecule has 1 rings (SSSR count). The molecule has 2 unspecified atom stereocenters. The molecule has 2 heteroatoms. The van der Waals surface area contributed by atoms with Gasteiger partial charge in [-0.05, 0) is 30.0 Å². The molecule has 0 N–H and O–H groups in total. The van der Waals surface area contributed by atoms with E-state index >= 15 is 0 Å². The van der Waals surface area contributed by atoms with Gasteiger partial charge in [0, 0.05) is 4.83 Å². The van der Waals surface area contributed by atoms with Crippen LogP contribution in [0.2, 0.25) is 0 Å². The summed E-state index contributed by atoms with van der Waals surface area (Å²) in [6.45, 7) is 4.43. The lowest BCUT2D eigenvalue weighted by atomic mass is 9.97. The van der Waals surface area contributed by atoms with Crippen LogP contribution in [0.4, 0.5) is 0 Å². The zero-order valence-corrected chi connectivity index (χ0v) is 10.5. The maximum atomic E-state index is 5.12. The second-order valence-corrected chi connectivity index (χ2v) is 5.25. The van der Waals surface area contributed by atoms with Gasteiger partial charge in [-0.1, -0.05) is 41.9 Å². The third-order valence-electron chi connectivity index (χ3n) is 2.36. The van der Waals surface area contributed by atoms with Crippen molar-refractivity contribution >= 4 is 15.9 Å². The minimum absolute atomic E-state index is 0.569. The Kier molecular flexibility index (Phi) is 4.46. The van der Waals surface area contributed by atoms with Gasteiger partial charge in [0.15, 0.2) is 0 Å².